The minimum Gasteiger partial charge on any atom is -0.504 e. The van der Waals surface area contributed by atoms with Gasteiger partial charge in [-0.15, -0.1) is 13.2 Å². The number of benzene rings is 1. The van der Waals surface area contributed by atoms with E-state index < -0.39 is 40.2 Å². The third-order valence-electron chi connectivity index (χ3n) is 7.95. The molecule has 1 aromatic carbocycles. The fourth-order valence-corrected chi connectivity index (χ4v) is 7.11. The van der Waals surface area contributed by atoms with E-state index in [0.29, 0.717) is 5.56 Å². The number of halogens is 5. The maximum Gasteiger partial charge on any atom is 0.573 e. The lowest BCUT2D eigenvalue weighted by Crippen LogP contribution is -2.70. The first kappa shape index (κ1) is 24.1. The number of nitrogens with zero attached hydrogens (tertiary/aromatic N) is 4. The summed E-state index contributed by atoms with van der Waals surface area (Å²) < 4.78 is 44.5. The minimum absolute atomic E-state index is 0.0208. The lowest BCUT2D eigenvalue weighted by Gasteiger charge is -2.44. The van der Waals surface area contributed by atoms with Gasteiger partial charge in [0.1, 0.15) is 21.5 Å². The summed E-state index contributed by atoms with van der Waals surface area (Å²) in [7, 11) is 0. The molecular formula is C25H17Cl2F3N4O3. The molecule has 4 fully saturated rings. The quantitative estimate of drug-likeness (QED) is 0.240. The van der Waals surface area contributed by atoms with Gasteiger partial charge in [-0.3, -0.25) is 14.3 Å². The maximum absolute atomic E-state index is 14.4. The number of pyridine rings is 1. The third-order valence-corrected chi connectivity index (χ3v) is 8.33. The molecule has 4 aliphatic rings. The molecule has 2 bridgehead atoms. The van der Waals surface area contributed by atoms with Gasteiger partial charge < -0.3 is 14.8 Å². The topological polar surface area (TPSA) is 86.5 Å². The molecule has 2 aromatic heterocycles. The molecule has 37 heavy (non-hydrogen) atoms. The van der Waals surface area contributed by atoms with Crippen LogP contribution in [0, 0.1) is 5.41 Å². The summed E-state index contributed by atoms with van der Waals surface area (Å²) in [4.78, 5) is 32.3. The predicted molar refractivity (Wildman–Crippen MR) is 124 cm³/mol. The Morgan fingerprint density at radius 3 is 2.24 bits per heavy atom. The SMILES string of the molecule is [N-]=[N+]1C2(c3cc(Cl)nc(Cl)c3)C(=O)C13C[C@@H](n1cccc1)C[C@@]3(Cc1ccc(OC(F)(F)F)cc1)C2=O. The van der Waals surface area contributed by atoms with Crippen molar-refractivity contribution in [2.75, 3.05) is 0 Å². The normalized spacial score (nSPS) is 30.4. The van der Waals surface area contributed by atoms with Gasteiger partial charge in [-0.25, -0.2) is 4.98 Å². The minimum atomic E-state index is -4.84. The fraction of sp³-hybridized carbons (Fsp3) is 0.320. The molecule has 7 rings (SSSR count). The maximum atomic E-state index is 14.4. The zero-order valence-electron chi connectivity index (χ0n) is 18.9. The molecule has 0 N–H and O–H groups in total. The number of Topliss-reactive ketones (excluding diaryl/α,β-unsaturated/α-hetero) is 2. The number of carbonyl (C=O) groups is 2. The first-order chi connectivity index (χ1) is 17.4. The van der Waals surface area contributed by atoms with Crippen LogP contribution in [0.5, 0.6) is 5.75 Å². The van der Waals surface area contributed by atoms with Crippen LogP contribution in [0.1, 0.15) is 30.0 Å². The average Bonchev–Trinajstić information content (AvgIpc) is 3.52. The first-order valence-electron chi connectivity index (χ1n) is 11.3. The second-order valence-corrected chi connectivity index (χ2v) is 10.5. The molecule has 12 heteroatoms. The lowest BCUT2D eigenvalue weighted by molar-refractivity contribution is -0.693. The molecule has 190 valence electrons. The Morgan fingerprint density at radius 2 is 1.68 bits per heavy atom. The number of aromatic nitrogens is 2. The van der Waals surface area contributed by atoms with E-state index >= 15 is 0 Å². The largest absolute Gasteiger partial charge is 0.573 e. The second-order valence-electron chi connectivity index (χ2n) is 9.68. The van der Waals surface area contributed by atoms with Crippen molar-refractivity contribution in [2.45, 2.75) is 42.7 Å². The molecule has 0 radical (unpaired) electrons. The molecule has 2 saturated heterocycles. The monoisotopic (exact) mass is 548 g/mol. The van der Waals surface area contributed by atoms with Crippen LogP contribution in [-0.2, 0) is 21.5 Å². The first-order valence-corrected chi connectivity index (χ1v) is 12.1. The van der Waals surface area contributed by atoms with E-state index in [4.69, 9.17) is 23.2 Å². The number of hydrogen-bond acceptors (Lipinski definition) is 4. The zero-order valence-corrected chi connectivity index (χ0v) is 20.4. The number of carbonyl (C=O) groups excluding carboxylic acids is 2. The molecule has 4 heterocycles. The molecular weight excluding hydrogens is 532 g/mol. The predicted octanol–water partition coefficient (Wildman–Crippen LogP) is 5.49. The van der Waals surface area contributed by atoms with Gasteiger partial charge in [0.25, 0.3) is 5.78 Å². The summed E-state index contributed by atoms with van der Waals surface area (Å²) in [6.45, 7) is 0. The van der Waals surface area contributed by atoms with Gasteiger partial charge in [0.15, 0.2) is 0 Å². The number of rotatable bonds is 5. The second kappa shape index (κ2) is 7.64. The molecule has 2 aliphatic heterocycles. The van der Waals surface area contributed by atoms with Crippen LogP contribution < -0.4 is 4.74 Å². The molecule has 7 nitrogen and oxygen atoms in total. The fourth-order valence-electron chi connectivity index (χ4n) is 6.65. The van der Waals surface area contributed by atoms with E-state index in [0.717, 1.165) is 16.8 Å². The van der Waals surface area contributed by atoms with Gasteiger partial charge in [0.05, 0.1) is 0 Å². The van der Waals surface area contributed by atoms with Crippen LogP contribution in [0.15, 0.2) is 60.9 Å². The van der Waals surface area contributed by atoms with E-state index in [1.165, 1.54) is 24.3 Å². The van der Waals surface area contributed by atoms with Gasteiger partial charge >= 0.3 is 11.9 Å². The van der Waals surface area contributed by atoms with Gasteiger partial charge in [-0.1, -0.05) is 35.3 Å². The number of alkyl halides is 3. The van der Waals surface area contributed by atoms with E-state index in [1.54, 1.807) is 0 Å². The van der Waals surface area contributed by atoms with Crippen LogP contribution in [-0.4, -0.2) is 37.7 Å². The Labute approximate surface area is 218 Å². The van der Waals surface area contributed by atoms with Crippen molar-refractivity contribution in [1.29, 1.82) is 0 Å². The highest BCUT2D eigenvalue weighted by Crippen LogP contribution is 2.73. The third kappa shape index (κ3) is 3.05. The van der Waals surface area contributed by atoms with Crippen molar-refractivity contribution in [2.24, 2.45) is 5.41 Å². The van der Waals surface area contributed by atoms with E-state index in [-0.39, 0.29) is 41.2 Å². The lowest BCUT2D eigenvalue weighted by atomic mass is 9.68. The molecule has 3 aromatic rings. The summed E-state index contributed by atoms with van der Waals surface area (Å²) in [5.74, 6) is -1.37. The van der Waals surface area contributed by atoms with Crippen molar-refractivity contribution in [1.82, 2.24) is 9.55 Å². The van der Waals surface area contributed by atoms with E-state index in [1.807, 2.05) is 29.1 Å². The highest BCUT2D eigenvalue weighted by molar-refractivity contribution is 6.33. The average molecular weight is 549 g/mol. The highest BCUT2D eigenvalue weighted by atomic mass is 35.5. The van der Waals surface area contributed by atoms with Crippen LogP contribution >= 0.6 is 23.2 Å². The van der Waals surface area contributed by atoms with Crippen LogP contribution in [0.3, 0.4) is 0 Å². The van der Waals surface area contributed by atoms with Crippen molar-refractivity contribution in [3.8, 4) is 5.75 Å². The van der Waals surface area contributed by atoms with Crippen molar-refractivity contribution in [3.63, 3.8) is 0 Å². The Balaban J connectivity index is 1.46. The van der Waals surface area contributed by atoms with Gasteiger partial charge in [-0.05, 0) is 54.8 Å². The Kier molecular flexibility index (Phi) is 4.98. The smallest absolute Gasteiger partial charge is 0.504 e. The number of hydrogen-bond donors (Lipinski definition) is 0. The van der Waals surface area contributed by atoms with Crippen molar-refractivity contribution >= 4 is 34.8 Å². The van der Waals surface area contributed by atoms with Gasteiger partial charge in [0, 0.05) is 30.4 Å². The van der Waals surface area contributed by atoms with Gasteiger partial charge in [0.2, 0.25) is 11.3 Å². The van der Waals surface area contributed by atoms with Crippen molar-refractivity contribution < 1.29 is 32.2 Å². The summed E-state index contributed by atoms with van der Waals surface area (Å²) in [6.07, 6.45) is -0.766. The molecule has 2 aliphatic carbocycles. The summed E-state index contributed by atoms with van der Waals surface area (Å²) in [6, 6.07) is 11.2. The van der Waals surface area contributed by atoms with E-state index in [9.17, 15) is 28.3 Å². The number of ether oxygens (including phenoxy) is 1. The van der Waals surface area contributed by atoms with E-state index in [2.05, 4.69) is 9.72 Å². The molecule has 0 amide bonds. The Morgan fingerprint density at radius 1 is 1.05 bits per heavy atom. The Hall–Kier alpha value is -3.24. The number of ketones is 2. The molecule has 4 atom stereocenters. The molecule has 2 saturated carbocycles. The van der Waals surface area contributed by atoms with Crippen LogP contribution in [0.25, 0.3) is 5.53 Å². The highest BCUT2D eigenvalue weighted by Gasteiger charge is 2.96. The van der Waals surface area contributed by atoms with Crippen LogP contribution in [0.4, 0.5) is 13.2 Å². The summed E-state index contributed by atoms with van der Waals surface area (Å²) in [5.41, 5.74) is 7.27. The standard InChI is InChI=1S/C25H17Cl2F3N4O3/c26-18-9-15(10-19(27)32-18)24-20(35)22(11-14-3-5-17(6-4-14)37-25(28,29)30)12-16(33-7-1-2-8-33)13-23(22,21(24)36)34(24)31/h1-10,16H,11-13H2/t16-,22-,23?,24?/m0/s1. The zero-order chi connectivity index (χ0) is 26.4. The summed E-state index contributed by atoms with van der Waals surface area (Å²) >= 11 is 12.1. The molecule has 1 spiro atoms. The Bertz CT molecular complexity index is 1440. The molecule has 2 unspecified atom stereocenters. The summed E-state index contributed by atoms with van der Waals surface area (Å²) in [5, 5.41) is -0.0770. The van der Waals surface area contributed by atoms with Gasteiger partial charge in [-0.2, -0.15) is 0 Å². The van der Waals surface area contributed by atoms with Crippen molar-refractivity contribution in [3.05, 3.63) is 87.9 Å². The van der Waals surface area contributed by atoms with Crippen LogP contribution in [0.2, 0.25) is 10.3 Å².